The number of hydrogen-bond donors (Lipinski definition) is 2. The fourth-order valence-corrected chi connectivity index (χ4v) is 4.16. The number of amides is 2. The van der Waals surface area contributed by atoms with Gasteiger partial charge in [-0.15, -0.1) is 11.8 Å². The Balaban J connectivity index is 1.28. The molecule has 3 aromatic rings. The lowest BCUT2D eigenvalue weighted by molar-refractivity contribution is -0.124. The second-order valence-corrected chi connectivity index (χ2v) is 8.07. The number of benzene rings is 2. The molecule has 0 saturated carbocycles. The maximum absolute atomic E-state index is 12.4. The predicted molar refractivity (Wildman–Crippen MR) is 116 cm³/mol. The van der Waals surface area contributed by atoms with Gasteiger partial charge in [-0.25, -0.2) is 0 Å². The first kappa shape index (κ1) is 20.0. The van der Waals surface area contributed by atoms with Crippen LogP contribution in [0.4, 0.5) is 5.69 Å². The minimum Gasteiger partial charge on any atom is -0.487 e. The zero-order valence-corrected chi connectivity index (χ0v) is 17.0. The van der Waals surface area contributed by atoms with E-state index in [2.05, 4.69) is 15.6 Å². The molecule has 0 radical (unpaired) electrons. The van der Waals surface area contributed by atoms with Gasteiger partial charge in [-0.3, -0.25) is 14.6 Å². The van der Waals surface area contributed by atoms with Gasteiger partial charge in [0.2, 0.25) is 11.8 Å². The van der Waals surface area contributed by atoms with Crippen molar-refractivity contribution in [1.82, 2.24) is 10.3 Å². The lowest BCUT2D eigenvalue weighted by Crippen LogP contribution is -2.34. The van der Waals surface area contributed by atoms with Crippen LogP contribution < -0.4 is 15.4 Å². The van der Waals surface area contributed by atoms with Crippen molar-refractivity contribution in [2.75, 3.05) is 5.32 Å². The molecule has 152 valence electrons. The minimum absolute atomic E-state index is 0.126. The molecule has 1 aliphatic rings. The van der Waals surface area contributed by atoms with Crippen molar-refractivity contribution < 1.29 is 14.3 Å². The minimum atomic E-state index is -0.437. The average molecular weight is 420 g/mol. The predicted octanol–water partition coefficient (Wildman–Crippen LogP) is 3.78. The Bertz CT molecular complexity index is 1040. The SMILES string of the molecule is O=C(CC1Sc2ccccc2NC1=O)NCc1cccc(OCc2ccccn2)c1. The van der Waals surface area contributed by atoms with Crippen molar-refractivity contribution in [2.45, 2.75) is 29.7 Å². The number of anilines is 1. The number of carbonyl (C=O) groups is 2. The maximum atomic E-state index is 12.4. The summed E-state index contributed by atoms with van der Waals surface area (Å²) in [6.07, 6.45) is 1.86. The number of aromatic nitrogens is 1. The van der Waals surface area contributed by atoms with E-state index in [1.54, 1.807) is 6.20 Å². The van der Waals surface area contributed by atoms with E-state index in [-0.39, 0.29) is 18.2 Å². The van der Waals surface area contributed by atoms with E-state index >= 15 is 0 Å². The molecule has 2 amide bonds. The summed E-state index contributed by atoms with van der Waals surface area (Å²) >= 11 is 1.42. The van der Waals surface area contributed by atoms with Gasteiger partial charge >= 0.3 is 0 Å². The highest BCUT2D eigenvalue weighted by molar-refractivity contribution is 8.01. The summed E-state index contributed by atoms with van der Waals surface area (Å²) in [6.45, 7) is 0.751. The number of pyridine rings is 1. The van der Waals surface area contributed by atoms with E-state index in [0.29, 0.717) is 18.9 Å². The quantitative estimate of drug-likeness (QED) is 0.609. The van der Waals surface area contributed by atoms with E-state index in [4.69, 9.17) is 4.74 Å². The summed E-state index contributed by atoms with van der Waals surface area (Å²) in [5.41, 5.74) is 2.57. The van der Waals surface area contributed by atoms with Crippen molar-refractivity contribution >= 4 is 29.3 Å². The van der Waals surface area contributed by atoms with Gasteiger partial charge in [-0.1, -0.05) is 30.3 Å². The lowest BCUT2D eigenvalue weighted by Gasteiger charge is -2.23. The molecule has 1 aromatic heterocycles. The summed E-state index contributed by atoms with van der Waals surface area (Å²) in [5.74, 6) is 0.409. The van der Waals surface area contributed by atoms with Crippen molar-refractivity contribution in [3.05, 3.63) is 84.2 Å². The fourth-order valence-electron chi connectivity index (χ4n) is 3.05. The van der Waals surface area contributed by atoms with Gasteiger partial charge in [0.05, 0.1) is 16.6 Å². The van der Waals surface area contributed by atoms with E-state index in [0.717, 1.165) is 21.8 Å². The van der Waals surface area contributed by atoms with Crippen LogP contribution in [-0.2, 0) is 22.7 Å². The maximum Gasteiger partial charge on any atom is 0.238 e. The Morgan fingerprint density at radius 3 is 2.83 bits per heavy atom. The van der Waals surface area contributed by atoms with Crippen LogP contribution in [0, 0.1) is 0 Å². The summed E-state index contributed by atoms with van der Waals surface area (Å²) < 4.78 is 5.78. The van der Waals surface area contributed by atoms with E-state index in [1.807, 2.05) is 66.7 Å². The number of carbonyl (C=O) groups excluding carboxylic acids is 2. The van der Waals surface area contributed by atoms with Gasteiger partial charge in [-0.05, 0) is 42.0 Å². The molecule has 2 heterocycles. The zero-order chi connectivity index (χ0) is 20.8. The Morgan fingerprint density at radius 2 is 1.97 bits per heavy atom. The molecule has 2 aromatic carbocycles. The molecule has 0 bridgehead atoms. The van der Waals surface area contributed by atoms with E-state index < -0.39 is 5.25 Å². The first-order valence-electron chi connectivity index (χ1n) is 9.62. The van der Waals surface area contributed by atoms with Crippen molar-refractivity contribution in [2.24, 2.45) is 0 Å². The van der Waals surface area contributed by atoms with Crippen LogP contribution in [0.1, 0.15) is 17.7 Å². The third-order valence-electron chi connectivity index (χ3n) is 4.58. The number of nitrogens with zero attached hydrogens (tertiary/aromatic N) is 1. The van der Waals surface area contributed by atoms with Crippen LogP contribution in [0.5, 0.6) is 5.75 Å². The van der Waals surface area contributed by atoms with Gasteiger partial charge in [0.1, 0.15) is 12.4 Å². The van der Waals surface area contributed by atoms with E-state index in [1.165, 1.54) is 11.8 Å². The van der Waals surface area contributed by atoms with Gasteiger partial charge < -0.3 is 15.4 Å². The molecule has 1 atom stereocenters. The Morgan fingerprint density at radius 1 is 1.10 bits per heavy atom. The summed E-state index contributed by atoms with van der Waals surface area (Å²) in [7, 11) is 0. The molecular weight excluding hydrogens is 398 g/mol. The molecular formula is C23H21N3O3S. The molecule has 0 spiro atoms. The Hall–Kier alpha value is -3.32. The summed E-state index contributed by atoms with van der Waals surface area (Å²) in [6, 6.07) is 20.9. The second-order valence-electron chi connectivity index (χ2n) is 6.83. The van der Waals surface area contributed by atoms with Crippen LogP contribution in [0.25, 0.3) is 0 Å². The second kappa shape index (κ2) is 9.45. The third-order valence-corrected chi connectivity index (χ3v) is 5.85. The highest BCUT2D eigenvalue weighted by Gasteiger charge is 2.28. The first-order valence-corrected chi connectivity index (χ1v) is 10.5. The van der Waals surface area contributed by atoms with Crippen LogP contribution >= 0.6 is 11.8 Å². The smallest absolute Gasteiger partial charge is 0.238 e. The van der Waals surface area contributed by atoms with Gasteiger partial charge in [0.15, 0.2) is 0 Å². The molecule has 6 nitrogen and oxygen atoms in total. The molecule has 0 saturated heterocycles. The topological polar surface area (TPSA) is 80.3 Å². The molecule has 4 rings (SSSR count). The molecule has 1 aliphatic heterocycles. The summed E-state index contributed by atoms with van der Waals surface area (Å²) in [5, 5.41) is 5.32. The van der Waals surface area contributed by atoms with Gasteiger partial charge in [0.25, 0.3) is 0 Å². The Labute approximate surface area is 179 Å². The molecule has 2 N–H and O–H groups in total. The standard InChI is InChI=1S/C23H21N3O3S/c27-22(13-21-23(28)26-19-9-1-2-10-20(19)30-21)25-14-16-6-5-8-18(12-16)29-15-17-7-3-4-11-24-17/h1-12,21H,13-15H2,(H,25,27)(H,26,28). The molecule has 0 aliphatic carbocycles. The van der Waals surface area contributed by atoms with Crippen LogP contribution in [0.3, 0.4) is 0 Å². The van der Waals surface area contributed by atoms with Gasteiger partial charge in [-0.2, -0.15) is 0 Å². The number of ether oxygens (including phenoxy) is 1. The van der Waals surface area contributed by atoms with Crippen molar-refractivity contribution in [3.8, 4) is 5.75 Å². The number of para-hydroxylation sites is 1. The van der Waals surface area contributed by atoms with Crippen molar-refractivity contribution in [3.63, 3.8) is 0 Å². The highest BCUT2D eigenvalue weighted by atomic mass is 32.2. The number of hydrogen-bond acceptors (Lipinski definition) is 5. The van der Waals surface area contributed by atoms with Crippen LogP contribution in [0.2, 0.25) is 0 Å². The average Bonchev–Trinajstić information content (AvgIpc) is 2.78. The number of nitrogens with one attached hydrogen (secondary N) is 2. The molecule has 1 unspecified atom stereocenters. The number of thioether (sulfide) groups is 1. The highest BCUT2D eigenvalue weighted by Crippen LogP contribution is 2.36. The normalized spacial score (nSPS) is 15.1. The molecule has 30 heavy (non-hydrogen) atoms. The molecule has 0 fully saturated rings. The number of fused-ring (bicyclic) bond motifs is 1. The van der Waals surface area contributed by atoms with Crippen LogP contribution in [-0.4, -0.2) is 22.0 Å². The van der Waals surface area contributed by atoms with Gasteiger partial charge in [0, 0.05) is 24.1 Å². The van der Waals surface area contributed by atoms with E-state index in [9.17, 15) is 9.59 Å². The summed E-state index contributed by atoms with van der Waals surface area (Å²) in [4.78, 5) is 29.9. The molecule has 7 heteroatoms. The Kier molecular flexibility index (Phi) is 6.29. The third kappa shape index (κ3) is 5.18. The fraction of sp³-hybridized carbons (Fsp3) is 0.174. The zero-order valence-electron chi connectivity index (χ0n) is 16.2. The number of rotatable bonds is 7. The lowest BCUT2D eigenvalue weighted by atomic mass is 10.2. The van der Waals surface area contributed by atoms with Crippen molar-refractivity contribution in [1.29, 1.82) is 0 Å². The first-order chi connectivity index (χ1) is 14.7. The monoisotopic (exact) mass is 419 g/mol. The van der Waals surface area contributed by atoms with Crippen LogP contribution in [0.15, 0.2) is 77.8 Å². The largest absolute Gasteiger partial charge is 0.487 e.